The van der Waals surface area contributed by atoms with Gasteiger partial charge in [-0.05, 0) is 25.2 Å². The van der Waals surface area contributed by atoms with Gasteiger partial charge in [-0.1, -0.05) is 0 Å². The number of morpholine rings is 1. The molecule has 0 N–H and O–H groups in total. The van der Waals surface area contributed by atoms with Crippen LogP contribution in [0.15, 0.2) is 0 Å². The molecule has 0 spiro atoms. The van der Waals surface area contributed by atoms with E-state index in [0.29, 0.717) is 32.2 Å². The molecule has 5 heteroatoms. The molecule has 2 bridgehead atoms. The summed E-state index contributed by atoms with van der Waals surface area (Å²) >= 11 is 0. The van der Waals surface area contributed by atoms with Crippen molar-refractivity contribution in [3.8, 4) is 0 Å². The second-order valence-electron chi connectivity index (χ2n) is 4.68. The number of rotatable bonds is 2. The largest absolute Gasteiger partial charge is 0.379 e. The molecule has 0 atom stereocenters. The molecule has 1 aliphatic heterocycles. The average Bonchev–Trinajstić information content (AvgIpc) is 1.99. The number of nitrogens with zero attached hydrogens (tertiary/aromatic N) is 1. The van der Waals surface area contributed by atoms with E-state index in [9.17, 15) is 8.42 Å². The van der Waals surface area contributed by atoms with Gasteiger partial charge >= 0.3 is 0 Å². The van der Waals surface area contributed by atoms with Crippen molar-refractivity contribution in [2.45, 2.75) is 24.0 Å². The fraction of sp³-hybridized carbons (Fsp3) is 1.00. The molecule has 4 fully saturated rings. The Balaban J connectivity index is 1.81. The molecule has 0 aromatic rings. The van der Waals surface area contributed by atoms with E-state index in [4.69, 9.17) is 4.74 Å². The van der Waals surface area contributed by atoms with Crippen molar-refractivity contribution in [3.05, 3.63) is 0 Å². The first-order chi connectivity index (χ1) is 6.64. The summed E-state index contributed by atoms with van der Waals surface area (Å²) in [5, 5.41) is 0. The zero-order valence-corrected chi connectivity index (χ0v) is 8.92. The molecule has 1 heterocycles. The molecular formula is C9H15NO3S. The highest BCUT2D eigenvalue weighted by Crippen LogP contribution is 2.62. The van der Waals surface area contributed by atoms with Crippen LogP contribution < -0.4 is 0 Å². The zero-order chi connectivity index (χ0) is 9.81. The van der Waals surface area contributed by atoms with Crippen LogP contribution in [0.4, 0.5) is 0 Å². The van der Waals surface area contributed by atoms with Crippen molar-refractivity contribution in [2.75, 3.05) is 26.3 Å². The molecule has 14 heavy (non-hydrogen) atoms. The lowest BCUT2D eigenvalue weighted by Gasteiger charge is -2.61. The molecule has 0 radical (unpaired) electrons. The zero-order valence-electron chi connectivity index (χ0n) is 8.11. The van der Waals surface area contributed by atoms with E-state index in [1.807, 2.05) is 0 Å². The van der Waals surface area contributed by atoms with Crippen LogP contribution in [0, 0.1) is 5.92 Å². The Morgan fingerprint density at radius 2 is 1.71 bits per heavy atom. The quantitative estimate of drug-likeness (QED) is 0.664. The maximum Gasteiger partial charge on any atom is 0.220 e. The van der Waals surface area contributed by atoms with Gasteiger partial charge in [-0.15, -0.1) is 0 Å². The molecule has 0 unspecified atom stereocenters. The highest BCUT2D eigenvalue weighted by Gasteiger charge is 2.66. The van der Waals surface area contributed by atoms with Crippen molar-refractivity contribution in [2.24, 2.45) is 5.92 Å². The van der Waals surface area contributed by atoms with Crippen LogP contribution in [0.1, 0.15) is 19.3 Å². The van der Waals surface area contributed by atoms with Gasteiger partial charge in [0.2, 0.25) is 10.0 Å². The topological polar surface area (TPSA) is 46.6 Å². The van der Waals surface area contributed by atoms with Gasteiger partial charge < -0.3 is 4.74 Å². The molecule has 80 valence electrons. The maximum absolute atomic E-state index is 12.2. The van der Waals surface area contributed by atoms with Crippen LogP contribution in [-0.2, 0) is 14.8 Å². The van der Waals surface area contributed by atoms with E-state index in [-0.39, 0.29) is 4.75 Å². The molecule has 3 aliphatic carbocycles. The monoisotopic (exact) mass is 217 g/mol. The molecule has 0 amide bonds. The summed E-state index contributed by atoms with van der Waals surface area (Å²) in [4.78, 5) is 0. The second kappa shape index (κ2) is 2.71. The predicted molar refractivity (Wildman–Crippen MR) is 51.4 cm³/mol. The Morgan fingerprint density at radius 1 is 1.14 bits per heavy atom. The third kappa shape index (κ3) is 0.978. The van der Waals surface area contributed by atoms with Crippen molar-refractivity contribution in [1.29, 1.82) is 0 Å². The number of sulfonamides is 1. The van der Waals surface area contributed by atoms with Crippen molar-refractivity contribution >= 4 is 10.0 Å². The van der Waals surface area contributed by atoms with Crippen LogP contribution in [0.5, 0.6) is 0 Å². The van der Waals surface area contributed by atoms with Crippen molar-refractivity contribution < 1.29 is 13.2 Å². The molecule has 4 aliphatic rings. The first-order valence-corrected chi connectivity index (χ1v) is 6.66. The van der Waals surface area contributed by atoms with Gasteiger partial charge in [-0.25, -0.2) is 8.42 Å². The first kappa shape index (κ1) is 9.12. The van der Waals surface area contributed by atoms with Gasteiger partial charge in [0.15, 0.2) is 0 Å². The summed E-state index contributed by atoms with van der Waals surface area (Å²) in [6.45, 7) is 2.21. The van der Waals surface area contributed by atoms with Crippen LogP contribution >= 0.6 is 0 Å². The standard InChI is InChI=1S/C9H15NO3S/c11-14(12,9-5-8(6-9)7-9)10-1-3-13-4-2-10/h8H,1-7H2. The van der Waals surface area contributed by atoms with E-state index < -0.39 is 10.0 Å². The maximum atomic E-state index is 12.2. The summed E-state index contributed by atoms with van der Waals surface area (Å²) in [7, 11) is -3.01. The highest BCUT2D eigenvalue weighted by atomic mass is 32.2. The molecule has 3 saturated carbocycles. The summed E-state index contributed by atoms with van der Waals surface area (Å²) in [6.07, 6.45) is 2.73. The number of ether oxygens (including phenoxy) is 1. The summed E-state index contributed by atoms with van der Waals surface area (Å²) < 4.78 is 30.9. The third-order valence-corrected chi connectivity index (χ3v) is 6.48. The van der Waals surface area contributed by atoms with Gasteiger partial charge in [0.1, 0.15) is 0 Å². The van der Waals surface area contributed by atoms with Gasteiger partial charge in [0.25, 0.3) is 0 Å². The number of hydrogen-bond acceptors (Lipinski definition) is 3. The van der Waals surface area contributed by atoms with E-state index >= 15 is 0 Å². The SMILES string of the molecule is O=S(=O)(N1CCOCC1)C12CC(C1)C2. The fourth-order valence-corrected chi connectivity index (χ4v) is 5.29. The van der Waals surface area contributed by atoms with Crippen molar-refractivity contribution in [3.63, 3.8) is 0 Å². The van der Waals surface area contributed by atoms with Crippen LogP contribution in [0.2, 0.25) is 0 Å². The van der Waals surface area contributed by atoms with Crippen molar-refractivity contribution in [1.82, 2.24) is 4.31 Å². The molecule has 0 aromatic carbocycles. The molecule has 4 nitrogen and oxygen atoms in total. The minimum absolute atomic E-state index is 0.338. The van der Waals surface area contributed by atoms with Gasteiger partial charge in [0.05, 0.1) is 18.0 Å². The lowest BCUT2D eigenvalue weighted by molar-refractivity contribution is 0.0310. The van der Waals surface area contributed by atoms with Crippen LogP contribution in [0.25, 0.3) is 0 Å². The number of hydrogen-bond donors (Lipinski definition) is 0. The average molecular weight is 217 g/mol. The molecule has 0 aromatic heterocycles. The Morgan fingerprint density at radius 3 is 2.14 bits per heavy atom. The van der Waals surface area contributed by atoms with Gasteiger partial charge in [-0.2, -0.15) is 4.31 Å². The lowest BCUT2D eigenvalue weighted by atomic mass is 9.55. The van der Waals surface area contributed by atoms with E-state index in [0.717, 1.165) is 19.3 Å². The Kier molecular flexibility index (Phi) is 1.77. The first-order valence-electron chi connectivity index (χ1n) is 5.22. The predicted octanol–water partition coefficient (Wildman–Crippen LogP) is 0.201. The normalized spacial score (nSPS) is 42.7. The summed E-state index contributed by atoms with van der Waals surface area (Å²) in [5.41, 5.74) is 0. The smallest absolute Gasteiger partial charge is 0.220 e. The van der Waals surface area contributed by atoms with E-state index in [2.05, 4.69) is 0 Å². The molecular weight excluding hydrogens is 202 g/mol. The van der Waals surface area contributed by atoms with Crippen LogP contribution in [-0.4, -0.2) is 43.8 Å². The van der Waals surface area contributed by atoms with Gasteiger partial charge in [-0.3, -0.25) is 0 Å². The molecule has 4 rings (SSSR count). The van der Waals surface area contributed by atoms with E-state index in [1.165, 1.54) is 0 Å². The minimum Gasteiger partial charge on any atom is -0.379 e. The lowest BCUT2D eigenvalue weighted by Crippen LogP contribution is -2.67. The summed E-state index contributed by atoms with van der Waals surface area (Å²) in [6, 6.07) is 0. The Hall–Kier alpha value is -0.130. The Labute approximate surface area is 84.3 Å². The Bertz CT molecular complexity index is 328. The van der Waals surface area contributed by atoms with Gasteiger partial charge in [0, 0.05) is 13.1 Å². The molecule has 1 saturated heterocycles. The highest BCUT2D eigenvalue weighted by molar-refractivity contribution is 7.90. The minimum atomic E-state index is -3.01. The van der Waals surface area contributed by atoms with Crippen LogP contribution in [0.3, 0.4) is 0 Å². The third-order valence-electron chi connectivity index (χ3n) is 3.84. The fourth-order valence-electron chi connectivity index (χ4n) is 2.78. The summed E-state index contributed by atoms with van der Waals surface area (Å²) in [5.74, 6) is 0.714. The second-order valence-corrected chi connectivity index (χ2v) is 7.01. The van der Waals surface area contributed by atoms with E-state index in [1.54, 1.807) is 4.31 Å².